The number of rotatable bonds is 6. The molecule has 0 aliphatic carbocycles. The Hall–Kier alpha value is -1.84. The molecule has 10 heteroatoms. The van der Waals surface area contributed by atoms with Crippen molar-refractivity contribution in [3.8, 4) is 5.75 Å². The number of nitrogens with one attached hydrogen (secondary N) is 1. The van der Waals surface area contributed by atoms with Gasteiger partial charge in [-0.25, -0.2) is 17.5 Å². The fraction of sp³-hybridized carbons (Fsp3) is 0.200. The van der Waals surface area contributed by atoms with Gasteiger partial charge in [0.2, 0.25) is 10.0 Å². The predicted octanol–water partition coefficient (Wildman–Crippen LogP) is 3.86. The zero-order valence-corrected chi connectivity index (χ0v) is 14.1. The molecular formula is C15H12ClF4NO3S. The molecule has 0 heterocycles. The van der Waals surface area contributed by atoms with Crippen molar-refractivity contribution < 1.29 is 30.7 Å². The van der Waals surface area contributed by atoms with Crippen LogP contribution in [0.15, 0.2) is 47.4 Å². The van der Waals surface area contributed by atoms with E-state index in [0.717, 1.165) is 30.3 Å². The van der Waals surface area contributed by atoms with E-state index in [0.29, 0.717) is 0 Å². The van der Waals surface area contributed by atoms with E-state index in [2.05, 4.69) is 4.72 Å². The SMILES string of the molecule is O=S(=O)(NCCOc1cccc(C(F)(F)F)c1)c1ccc(F)c(Cl)c1. The van der Waals surface area contributed by atoms with Crippen LogP contribution in [0.25, 0.3) is 0 Å². The zero-order chi connectivity index (χ0) is 18.7. The van der Waals surface area contributed by atoms with Gasteiger partial charge in [-0.1, -0.05) is 17.7 Å². The third kappa shape index (κ3) is 5.32. The van der Waals surface area contributed by atoms with Crippen molar-refractivity contribution in [3.63, 3.8) is 0 Å². The molecule has 0 aliphatic rings. The Balaban J connectivity index is 1.93. The lowest BCUT2D eigenvalue weighted by molar-refractivity contribution is -0.137. The topological polar surface area (TPSA) is 55.4 Å². The van der Waals surface area contributed by atoms with E-state index in [9.17, 15) is 26.0 Å². The molecule has 0 aliphatic heterocycles. The summed E-state index contributed by atoms with van der Waals surface area (Å²) >= 11 is 5.53. The number of hydrogen-bond acceptors (Lipinski definition) is 3. The Kier molecular flexibility index (Phi) is 5.91. The monoisotopic (exact) mass is 397 g/mol. The largest absolute Gasteiger partial charge is 0.492 e. The lowest BCUT2D eigenvalue weighted by Gasteiger charge is -2.11. The van der Waals surface area contributed by atoms with Crippen LogP contribution in [-0.2, 0) is 16.2 Å². The maximum absolute atomic E-state index is 13.1. The minimum Gasteiger partial charge on any atom is -0.492 e. The lowest BCUT2D eigenvalue weighted by atomic mass is 10.2. The maximum atomic E-state index is 13.1. The molecular weight excluding hydrogens is 386 g/mol. The molecule has 0 fully saturated rings. The van der Waals surface area contributed by atoms with Crippen LogP contribution in [0.1, 0.15) is 5.56 Å². The Morgan fingerprint density at radius 2 is 1.84 bits per heavy atom. The Morgan fingerprint density at radius 3 is 2.48 bits per heavy atom. The van der Waals surface area contributed by atoms with E-state index in [1.807, 2.05) is 0 Å². The van der Waals surface area contributed by atoms with Crippen LogP contribution in [0.4, 0.5) is 17.6 Å². The third-order valence-corrected chi connectivity index (χ3v) is 4.77. The van der Waals surface area contributed by atoms with Gasteiger partial charge in [-0.15, -0.1) is 0 Å². The second-order valence-electron chi connectivity index (χ2n) is 4.85. The number of alkyl halides is 3. The van der Waals surface area contributed by atoms with E-state index in [4.69, 9.17) is 16.3 Å². The Labute approximate surface area is 146 Å². The van der Waals surface area contributed by atoms with Crippen LogP contribution in [0.2, 0.25) is 5.02 Å². The van der Waals surface area contributed by atoms with Crippen LogP contribution in [0, 0.1) is 5.82 Å². The van der Waals surface area contributed by atoms with Gasteiger partial charge in [0.05, 0.1) is 15.5 Å². The summed E-state index contributed by atoms with van der Waals surface area (Å²) < 4.78 is 82.1. The molecule has 0 radical (unpaired) electrons. The fourth-order valence-electron chi connectivity index (χ4n) is 1.83. The predicted molar refractivity (Wildman–Crippen MR) is 83.5 cm³/mol. The standard InChI is InChI=1S/C15H12ClF4NO3S/c16-13-9-12(4-5-14(13)17)25(22,23)21-6-7-24-11-3-1-2-10(8-11)15(18,19)20/h1-5,8-9,21H,6-7H2. The maximum Gasteiger partial charge on any atom is 0.416 e. The summed E-state index contributed by atoms with van der Waals surface area (Å²) in [6, 6.07) is 7.12. The van der Waals surface area contributed by atoms with Crippen LogP contribution < -0.4 is 9.46 Å². The van der Waals surface area contributed by atoms with Crippen molar-refractivity contribution in [1.29, 1.82) is 0 Å². The number of halogens is 5. The number of benzene rings is 2. The van der Waals surface area contributed by atoms with Crippen LogP contribution >= 0.6 is 11.6 Å². The van der Waals surface area contributed by atoms with Gasteiger partial charge >= 0.3 is 6.18 Å². The number of ether oxygens (including phenoxy) is 1. The van der Waals surface area contributed by atoms with E-state index in [1.165, 1.54) is 12.1 Å². The summed E-state index contributed by atoms with van der Waals surface area (Å²) in [7, 11) is -3.95. The minimum atomic E-state index is -4.50. The average molecular weight is 398 g/mol. The Bertz CT molecular complexity index is 856. The van der Waals surface area contributed by atoms with Crippen molar-refractivity contribution in [1.82, 2.24) is 4.72 Å². The number of hydrogen-bond donors (Lipinski definition) is 1. The fourth-order valence-corrected chi connectivity index (χ4v) is 3.12. The van der Waals surface area contributed by atoms with Crippen molar-refractivity contribution in [3.05, 3.63) is 58.9 Å². The molecule has 0 unspecified atom stereocenters. The van der Waals surface area contributed by atoms with Crippen molar-refractivity contribution in [2.75, 3.05) is 13.2 Å². The number of sulfonamides is 1. The summed E-state index contributed by atoms with van der Waals surface area (Å²) in [4.78, 5) is -0.238. The van der Waals surface area contributed by atoms with Crippen molar-refractivity contribution in [2.24, 2.45) is 0 Å². The summed E-state index contributed by atoms with van der Waals surface area (Å²) in [5.74, 6) is -0.799. The average Bonchev–Trinajstić information content (AvgIpc) is 2.53. The molecule has 0 aromatic heterocycles. The van der Waals surface area contributed by atoms with E-state index < -0.39 is 27.6 Å². The smallest absolute Gasteiger partial charge is 0.416 e. The molecule has 25 heavy (non-hydrogen) atoms. The molecule has 2 rings (SSSR count). The van der Waals surface area contributed by atoms with Crippen LogP contribution in [0.3, 0.4) is 0 Å². The first-order valence-corrected chi connectivity index (χ1v) is 8.70. The van der Waals surface area contributed by atoms with Gasteiger partial charge in [0, 0.05) is 6.54 Å². The highest BCUT2D eigenvalue weighted by molar-refractivity contribution is 7.89. The summed E-state index contributed by atoms with van der Waals surface area (Å²) in [6.07, 6.45) is -4.50. The first-order valence-electron chi connectivity index (χ1n) is 6.84. The van der Waals surface area contributed by atoms with Gasteiger partial charge in [-0.2, -0.15) is 13.2 Å². The summed E-state index contributed by atoms with van der Waals surface area (Å²) in [5, 5.41) is -0.344. The first kappa shape index (κ1) is 19.5. The molecule has 0 amide bonds. The molecule has 136 valence electrons. The minimum absolute atomic E-state index is 0.0427. The van der Waals surface area contributed by atoms with E-state index in [1.54, 1.807) is 0 Å². The molecule has 0 spiro atoms. The Morgan fingerprint density at radius 1 is 1.12 bits per heavy atom. The van der Waals surface area contributed by atoms with E-state index in [-0.39, 0.29) is 28.8 Å². The normalized spacial score (nSPS) is 12.2. The molecule has 1 N–H and O–H groups in total. The second-order valence-corrected chi connectivity index (χ2v) is 7.02. The first-order chi connectivity index (χ1) is 11.6. The van der Waals surface area contributed by atoms with Gasteiger partial charge in [-0.05, 0) is 36.4 Å². The second kappa shape index (κ2) is 7.59. The van der Waals surface area contributed by atoms with Gasteiger partial charge < -0.3 is 4.74 Å². The molecule has 0 saturated heterocycles. The quantitative estimate of drug-likeness (QED) is 0.595. The zero-order valence-electron chi connectivity index (χ0n) is 12.5. The van der Waals surface area contributed by atoms with Gasteiger partial charge in [0.25, 0.3) is 0 Å². The molecule has 2 aromatic rings. The molecule has 0 saturated carbocycles. The molecule has 4 nitrogen and oxygen atoms in total. The highest BCUT2D eigenvalue weighted by Crippen LogP contribution is 2.31. The molecule has 2 aromatic carbocycles. The summed E-state index contributed by atoms with van der Waals surface area (Å²) in [6.45, 7) is -0.400. The van der Waals surface area contributed by atoms with Crippen molar-refractivity contribution in [2.45, 2.75) is 11.1 Å². The van der Waals surface area contributed by atoms with Crippen LogP contribution in [-0.4, -0.2) is 21.6 Å². The molecule has 0 atom stereocenters. The lowest BCUT2D eigenvalue weighted by Crippen LogP contribution is -2.28. The summed E-state index contributed by atoms with van der Waals surface area (Å²) in [5.41, 5.74) is -0.869. The van der Waals surface area contributed by atoms with Gasteiger partial charge in [0.15, 0.2) is 0 Å². The van der Waals surface area contributed by atoms with Gasteiger partial charge in [-0.3, -0.25) is 0 Å². The van der Waals surface area contributed by atoms with Crippen molar-refractivity contribution >= 4 is 21.6 Å². The highest BCUT2D eigenvalue weighted by Gasteiger charge is 2.30. The van der Waals surface area contributed by atoms with Gasteiger partial charge in [0.1, 0.15) is 18.2 Å². The third-order valence-electron chi connectivity index (χ3n) is 3.03. The highest BCUT2D eigenvalue weighted by atomic mass is 35.5. The van der Waals surface area contributed by atoms with Crippen LogP contribution in [0.5, 0.6) is 5.75 Å². The molecule has 0 bridgehead atoms. The van der Waals surface area contributed by atoms with E-state index >= 15 is 0 Å².